The van der Waals surface area contributed by atoms with E-state index >= 15 is 0 Å². The van der Waals surface area contributed by atoms with Crippen LogP contribution in [0.15, 0.2) is 54.6 Å². The van der Waals surface area contributed by atoms with Gasteiger partial charge in [-0.2, -0.15) is 5.10 Å². The number of nitrogens with zero attached hydrogens (tertiary/aromatic N) is 3. The number of amides is 2. The van der Waals surface area contributed by atoms with Crippen molar-refractivity contribution in [2.45, 2.75) is 13.5 Å². The largest absolute Gasteiger partial charge is 0.437 e. The summed E-state index contributed by atoms with van der Waals surface area (Å²) in [5.74, 6) is 1.30. The minimum atomic E-state index is -0.219. The van der Waals surface area contributed by atoms with E-state index < -0.39 is 0 Å². The van der Waals surface area contributed by atoms with Gasteiger partial charge in [-0.1, -0.05) is 36.4 Å². The van der Waals surface area contributed by atoms with Gasteiger partial charge in [-0.05, 0) is 25.1 Å². The van der Waals surface area contributed by atoms with Crippen LogP contribution >= 0.6 is 0 Å². The molecular weight excluding hydrogens is 316 g/mol. The van der Waals surface area contributed by atoms with Crippen LogP contribution in [0.5, 0.6) is 11.6 Å². The van der Waals surface area contributed by atoms with Crippen LogP contribution in [0.3, 0.4) is 0 Å². The third-order valence-electron chi connectivity index (χ3n) is 4.19. The number of para-hydroxylation sites is 2. The monoisotopic (exact) mass is 334 g/mol. The summed E-state index contributed by atoms with van der Waals surface area (Å²) in [6.07, 6.45) is 0. The van der Waals surface area contributed by atoms with E-state index in [2.05, 4.69) is 10.4 Å². The Bertz CT molecular complexity index is 934. The van der Waals surface area contributed by atoms with E-state index in [4.69, 9.17) is 4.74 Å². The van der Waals surface area contributed by atoms with Gasteiger partial charge in [-0.15, -0.1) is 0 Å². The molecule has 0 saturated heterocycles. The second-order valence-electron chi connectivity index (χ2n) is 5.95. The summed E-state index contributed by atoms with van der Waals surface area (Å²) < 4.78 is 7.73. The van der Waals surface area contributed by atoms with Crippen molar-refractivity contribution in [1.29, 1.82) is 0 Å². The van der Waals surface area contributed by atoms with E-state index in [-0.39, 0.29) is 6.03 Å². The van der Waals surface area contributed by atoms with Gasteiger partial charge in [0.2, 0.25) is 5.88 Å². The molecule has 3 aromatic rings. The van der Waals surface area contributed by atoms with Crippen molar-refractivity contribution in [1.82, 2.24) is 9.78 Å². The highest BCUT2D eigenvalue weighted by Gasteiger charge is 2.30. The van der Waals surface area contributed by atoms with Crippen molar-refractivity contribution in [3.05, 3.63) is 65.9 Å². The van der Waals surface area contributed by atoms with E-state index in [9.17, 15) is 4.79 Å². The van der Waals surface area contributed by atoms with Crippen LogP contribution in [0.1, 0.15) is 11.3 Å². The maximum Gasteiger partial charge on any atom is 0.326 e. The van der Waals surface area contributed by atoms with Gasteiger partial charge in [-0.3, -0.25) is 4.90 Å². The Morgan fingerprint density at radius 3 is 2.64 bits per heavy atom. The van der Waals surface area contributed by atoms with Gasteiger partial charge in [0.15, 0.2) is 0 Å². The molecule has 2 heterocycles. The van der Waals surface area contributed by atoms with Crippen molar-refractivity contribution in [2.24, 2.45) is 7.05 Å². The predicted octanol–water partition coefficient (Wildman–Crippen LogP) is 4.07. The first kappa shape index (κ1) is 15.3. The van der Waals surface area contributed by atoms with E-state index in [0.29, 0.717) is 18.1 Å². The molecule has 0 spiro atoms. The Labute approximate surface area is 145 Å². The number of hydrogen-bond donors (Lipinski definition) is 1. The first-order valence-corrected chi connectivity index (χ1v) is 8.06. The zero-order chi connectivity index (χ0) is 17.4. The van der Waals surface area contributed by atoms with Crippen LogP contribution in [-0.4, -0.2) is 15.8 Å². The number of fused-ring (bicyclic) bond motifs is 2. The van der Waals surface area contributed by atoms with Crippen molar-refractivity contribution in [3.63, 3.8) is 0 Å². The van der Waals surface area contributed by atoms with E-state index in [1.807, 2.05) is 68.6 Å². The average molecular weight is 334 g/mol. The zero-order valence-corrected chi connectivity index (χ0v) is 14.1. The first-order chi connectivity index (χ1) is 12.1. The molecule has 25 heavy (non-hydrogen) atoms. The lowest BCUT2D eigenvalue weighted by Crippen LogP contribution is -2.34. The predicted molar refractivity (Wildman–Crippen MR) is 96.1 cm³/mol. The molecule has 2 amide bonds. The molecule has 1 N–H and O–H groups in total. The molecule has 126 valence electrons. The van der Waals surface area contributed by atoms with Crippen LogP contribution in [0, 0.1) is 6.92 Å². The summed E-state index contributed by atoms with van der Waals surface area (Å²) in [7, 11) is 1.81. The summed E-state index contributed by atoms with van der Waals surface area (Å²) in [5.41, 5.74) is 3.12. The Morgan fingerprint density at radius 1 is 1.12 bits per heavy atom. The normalized spacial score (nSPS) is 12.6. The number of carbonyl (C=O) groups is 1. The summed E-state index contributed by atoms with van der Waals surface area (Å²) in [5, 5.41) is 7.36. The van der Waals surface area contributed by atoms with Crippen LogP contribution in [0.2, 0.25) is 0 Å². The van der Waals surface area contributed by atoms with Gasteiger partial charge in [0.05, 0.1) is 12.2 Å². The van der Waals surface area contributed by atoms with Gasteiger partial charge in [0.25, 0.3) is 0 Å². The number of aryl methyl sites for hydroxylation is 2. The molecule has 0 bridgehead atoms. The summed E-state index contributed by atoms with van der Waals surface area (Å²) in [6.45, 7) is 2.29. The number of ether oxygens (including phenoxy) is 1. The van der Waals surface area contributed by atoms with Crippen LogP contribution < -0.4 is 15.0 Å². The van der Waals surface area contributed by atoms with Crippen molar-refractivity contribution < 1.29 is 9.53 Å². The highest BCUT2D eigenvalue weighted by atomic mass is 16.5. The second-order valence-corrected chi connectivity index (χ2v) is 5.95. The molecule has 6 heteroatoms. The molecule has 0 radical (unpaired) electrons. The molecule has 2 aromatic carbocycles. The van der Waals surface area contributed by atoms with Crippen LogP contribution in [0.25, 0.3) is 0 Å². The number of benzene rings is 2. The lowest BCUT2D eigenvalue weighted by Gasteiger charge is -2.21. The van der Waals surface area contributed by atoms with Gasteiger partial charge >= 0.3 is 6.03 Å². The van der Waals surface area contributed by atoms with Crippen LogP contribution in [0.4, 0.5) is 16.2 Å². The van der Waals surface area contributed by atoms with Crippen molar-refractivity contribution in [3.8, 4) is 11.6 Å². The molecule has 6 nitrogen and oxygen atoms in total. The molecule has 0 unspecified atom stereocenters. The number of carbonyl (C=O) groups excluding carboxylic acids is 1. The molecule has 1 aliphatic rings. The van der Waals surface area contributed by atoms with Gasteiger partial charge in [0, 0.05) is 18.3 Å². The summed E-state index contributed by atoms with van der Waals surface area (Å²) in [6, 6.07) is 16.9. The highest BCUT2D eigenvalue weighted by Crippen LogP contribution is 2.40. The fourth-order valence-corrected chi connectivity index (χ4v) is 3.02. The Hall–Kier alpha value is -3.28. The van der Waals surface area contributed by atoms with E-state index in [1.165, 1.54) is 0 Å². The smallest absolute Gasteiger partial charge is 0.326 e. The van der Waals surface area contributed by atoms with Gasteiger partial charge in [0.1, 0.15) is 11.4 Å². The van der Waals surface area contributed by atoms with Crippen molar-refractivity contribution >= 4 is 17.4 Å². The molecule has 1 aliphatic heterocycles. The summed E-state index contributed by atoms with van der Waals surface area (Å²) in [4.78, 5) is 14.7. The number of rotatable bonds is 1. The number of hydrogen-bond acceptors (Lipinski definition) is 3. The fourth-order valence-electron chi connectivity index (χ4n) is 3.02. The van der Waals surface area contributed by atoms with E-state index in [1.54, 1.807) is 9.58 Å². The minimum Gasteiger partial charge on any atom is -0.437 e. The molecule has 0 saturated carbocycles. The number of anilines is 2. The zero-order valence-electron chi connectivity index (χ0n) is 14.1. The third kappa shape index (κ3) is 2.71. The lowest BCUT2D eigenvalue weighted by atomic mass is 10.2. The average Bonchev–Trinajstić information content (AvgIpc) is 2.80. The molecule has 1 aromatic heterocycles. The van der Waals surface area contributed by atoms with Gasteiger partial charge in [-0.25, -0.2) is 9.48 Å². The standard InChI is InChI=1S/C19H18N4O2/c1-13-17-18(22(2)21-13)25-16-11-7-6-8-14(16)12-23(17)19(24)20-15-9-4-3-5-10-15/h3-11H,12H2,1-2H3,(H,20,24). The Morgan fingerprint density at radius 2 is 1.84 bits per heavy atom. The highest BCUT2D eigenvalue weighted by molar-refractivity contribution is 6.03. The number of aromatic nitrogens is 2. The number of nitrogens with one attached hydrogen (secondary N) is 1. The van der Waals surface area contributed by atoms with E-state index in [0.717, 1.165) is 22.7 Å². The molecule has 0 fully saturated rings. The maximum atomic E-state index is 13.0. The van der Waals surface area contributed by atoms with Crippen molar-refractivity contribution in [2.75, 3.05) is 10.2 Å². The quantitative estimate of drug-likeness (QED) is 0.730. The second kappa shape index (κ2) is 5.98. The Balaban J connectivity index is 1.77. The Kier molecular flexibility index (Phi) is 3.65. The third-order valence-corrected chi connectivity index (χ3v) is 4.19. The summed E-state index contributed by atoms with van der Waals surface area (Å²) >= 11 is 0. The van der Waals surface area contributed by atoms with Crippen LogP contribution in [-0.2, 0) is 13.6 Å². The van der Waals surface area contributed by atoms with Gasteiger partial charge < -0.3 is 10.1 Å². The number of urea groups is 1. The molecule has 4 rings (SSSR count). The topological polar surface area (TPSA) is 59.4 Å². The SMILES string of the molecule is Cc1nn(C)c2c1N(C(=O)Nc1ccccc1)Cc1ccccc1O2. The lowest BCUT2D eigenvalue weighted by molar-refractivity contribution is 0.256. The molecule has 0 aliphatic carbocycles. The molecule has 0 atom stereocenters. The minimum absolute atomic E-state index is 0.219. The molecular formula is C19H18N4O2. The fraction of sp³-hybridized carbons (Fsp3) is 0.158. The maximum absolute atomic E-state index is 13.0. The first-order valence-electron chi connectivity index (χ1n) is 8.06.